The Balaban J connectivity index is 1.50. The monoisotopic (exact) mass is 722 g/mol. The van der Waals surface area contributed by atoms with Gasteiger partial charge in [-0.2, -0.15) is 0 Å². The zero-order valence-corrected chi connectivity index (χ0v) is 33.1. The van der Waals surface area contributed by atoms with Crippen molar-refractivity contribution in [2.45, 2.75) is 113 Å². The Kier molecular flexibility index (Phi) is 11.4. The van der Waals surface area contributed by atoms with E-state index in [4.69, 9.17) is 9.47 Å². The van der Waals surface area contributed by atoms with Crippen LogP contribution in [-0.4, -0.2) is 45.7 Å². The molecule has 3 aliphatic rings. The summed E-state index contributed by atoms with van der Waals surface area (Å²) in [4.78, 5) is 37.8. The lowest BCUT2D eigenvalue weighted by Gasteiger charge is -2.21. The predicted octanol–water partition coefficient (Wildman–Crippen LogP) is 6.99. The van der Waals surface area contributed by atoms with Crippen LogP contribution in [0.1, 0.15) is 135 Å². The molecule has 5 heterocycles. The van der Waals surface area contributed by atoms with Gasteiger partial charge >= 0.3 is 11.9 Å². The zero-order valence-electron chi connectivity index (χ0n) is 33.1. The molecule has 1 fully saturated rings. The first-order valence-electron chi connectivity index (χ1n) is 19.6. The summed E-state index contributed by atoms with van der Waals surface area (Å²) >= 11 is 0. The molecule has 8 bridgehead atoms. The molecule has 0 aromatic carbocycles. The fourth-order valence-electron chi connectivity index (χ4n) is 8.79. The summed E-state index contributed by atoms with van der Waals surface area (Å²) in [5, 5.41) is 17.7. The highest BCUT2D eigenvalue weighted by atomic mass is 16.5. The number of aromatic nitrogens is 3. The van der Waals surface area contributed by atoms with Gasteiger partial charge in [0.05, 0.1) is 18.9 Å². The Morgan fingerprint density at radius 3 is 2.28 bits per heavy atom. The molecule has 284 valence electrons. The van der Waals surface area contributed by atoms with Gasteiger partial charge in [0.15, 0.2) is 0 Å². The fraction of sp³-hybridized carbons (Fsp3) is 0.500. The van der Waals surface area contributed by atoms with Gasteiger partial charge in [0.25, 0.3) is 0 Å². The highest BCUT2D eigenvalue weighted by molar-refractivity contribution is 5.95. The standard InChI is InChI=1S/C44H58N4O5/c1-10-13-14-15-23(4)18-19-53-37(49)17-16-30-26(7)33-20-31-24(5)28(11-2)35(45-31)21-32-25(6)29(12-3)36(46-32)22-34-27(8)38-42(48-34)39(41(30)47-33)40(43(38)50)44(51)52-9/h18,20-22,26,30,40,43,45-48,50H,10-17,19H2,1-9H3/b23-18+,32-21-,33-20-,36-22-,41-39-/t26-,30-,40+,43-/m0/s1. The van der Waals surface area contributed by atoms with Crippen LogP contribution in [0.15, 0.2) is 23.0 Å². The lowest BCUT2D eigenvalue weighted by Crippen LogP contribution is -2.24. The van der Waals surface area contributed by atoms with Crippen molar-refractivity contribution in [2.24, 2.45) is 17.8 Å². The second-order valence-corrected chi connectivity index (χ2v) is 15.2. The van der Waals surface area contributed by atoms with Crippen LogP contribution in [0.25, 0.3) is 23.8 Å². The number of carbonyl (C=O) groups is 2. The molecule has 0 unspecified atom stereocenters. The molecule has 53 heavy (non-hydrogen) atoms. The van der Waals surface area contributed by atoms with Crippen LogP contribution in [0.5, 0.6) is 0 Å². The molecule has 2 aliphatic heterocycles. The maximum absolute atomic E-state index is 13.6. The average Bonchev–Trinajstić information content (AvgIpc) is 3.87. The number of aromatic amines is 3. The Morgan fingerprint density at radius 1 is 0.868 bits per heavy atom. The van der Waals surface area contributed by atoms with Crippen LogP contribution in [0.2, 0.25) is 0 Å². The smallest absolute Gasteiger partial charge is 0.316 e. The van der Waals surface area contributed by atoms with Crippen LogP contribution in [0, 0.1) is 38.5 Å². The third kappa shape index (κ3) is 7.12. The van der Waals surface area contributed by atoms with E-state index in [1.807, 2.05) is 13.0 Å². The van der Waals surface area contributed by atoms with Crippen molar-refractivity contribution in [1.29, 1.82) is 0 Å². The number of carbonyl (C=O) groups excluding carboxylic acids is 2. The van der Waals surface area contributed by atoms with E-state index in [0.29, 0.717) is 17.6 Å². The van der Waals surface area contributed by atoms with Crippen LogP contribution >= 0.6 is 0 Å². The lowest BCUT2D eigenvalue weighted by atomic mass is 9.84. The molecule has 0 saturated carbocycles. The highest BCUT2D eigenvalue weighted by Crippen LogP contribution is 2.52. The van der Waals surface area contributed by atoms with Gasteiger partial charge in [0.1, 0.15) is 12.5 Å². The molecule has 4 atom stereocenters. The molecule has 0 radical (unpaired) electrons. The van der Waals surface area contributed by atoms with E-state index in [0.717, 1.165) is 76.1 Å². The first-order valence-corrected chi connectivity index (χ1v) is 19.6. The van der Waals surface area contributed by atoms with Crippen LogP contribution in [0.4, 0.5) is 0 Å². The number of hydrogen-bond acceptors (Lipinski definition) is 6. The van der Waals surface area contributed by atoms with E-state index >= 15 is 0 Å². The maximum Gasteiger partial charge on any atom is 0.316 e. The van der Waals surface area contributed by atoms with E-state index in [9.17, 15) is 14.7 Å². The Bertz CT molecular complexity index is 2120. The largest absolute Gasteiger partial charge is 0.468 e. The van der Waals surface area contributed by atoms with Gasteiger partial charge in [-0.15, -0.1) is 0 Å². The molecular weight excluding hydrogens is 665 g/mol. The number of fused-ring (bicyclic) bond motifs is 7. The molecule has 9 nitrogen and oxygen atoms in total. The number of allylic oxidation sites excluding steroid dienone is 3. The fourth-order valence-corrected chi connectivity index (χ4v) is 8.79. The lowest BCUT2D eigenvalue weighted by molar-refractivity contribution is -0.146. The Morgan fingerprint density at radius 2 is 1.58 bits per heavy atom. The van der Waals surface area contributed by atoms with Crippen molar-refractivity contribution >= 4 is 35.7 Å². The number of H-pyrrole nitrogens is 3. The molecule has 9 heteroatoms. The number of ether oxygens (including phenoxy) is 2. The summed E-state index contributed by atoms with van der Waals surface area (Å²) in [6, 6.07) is 0. The first-order chi connectivity index (χ1) is 25.4. The summed E-state index contributed by atoms with van der Waals surface area (Å²) in [6.45, 7) is 17.4. The van der Waals surface area contributed by atoms with Crippen molar-refractivity contribution in [2.75, 3.05) is 13.7 Å². The predicted molar refractivity (Wildman–Crippen MR) is 211 cm³/mol. The van der Waals surface area contributed by atoms with Crippen LogP contribution in [-0.2, 0) is 31.9 Å². The van der Waals surface area contributed by atoms with Crippen molar-refractivity contribution < 1.29 is 24.2 Å². The number of rotatable bonds is 12. The molecule has 5 N–H and O–H groups in total. The minimum absolute atomic E-state index is 0.0247. The third-order valence-electron chi connectivity index (χ3n) is 12.0. The van der Waals surface area contributed by atoms with Gasteiger partial charge in [-0.25, -0.2) is 0 Å². The number of unbranched alkanes of at least 4 members (excludes halogenated alkanes) is 2. The maximum atomic E-state index is 13.6. The first kappa shape index (κ1) is 38.2. The summed E-state index contributed by atoms with van der Waals surface area (Å²) in [7, 11) is 1.36. The second-order valence-electron chi connectivity index (χ2n) is 15.2. The van der Waals surface area contributed by atoms with Gasteiger partial charge < -0.3 is 34.8 Å². The van der Waals surface area contributed by atoms with Gasteiger partial charge in [0.2, 0.25) is 0 Å². The minimum Gasteiger partial charge on any atom is -0.468 e. The summed E-state index contributed by atoms with van der Waals surface area (Å²) in [5.74, 6) is -1.86. The highest BCUT2D eigenvalue weighted by Gasteiger charge is 2.48. The van der Waals surface area contributed by atoms with Crippen molar-refractivity contribution in [3.05, 3.63) is 89.9 Å². The number of esters is 2. The molecule has 1 aliphatic carbocycles. The summed E-state index contributed by atoms with van der Waals surface area (Å²) in [5.41, 5.74) is 13.9. The normalized spacial score (nSPS) is 24.2. The van der Waals surface area contributed by atoms with Gasteiger partial charge in [-0.05, 0) is 112 Å². The molecule has 0 spiro atoms. The molecule has 1 saturated heterocycles. The summed E-state index contributed by atoms with van der Waals surface area (Å²) < 4.78 is 11.0. The van der Waals surface area contributed by atoms with Crippen molar-refractivity contribution in [1.82, 2.24) is 20.3 Å². The van der Waals surface area contributed by atoms with E-state index in [1.54, 1.807) is 0 Å². The topological polar surface area (TPSA) is 132 Å². The van der Waals surface area contributed by atoms with Gasteiger partial charge in [0, 0.05) is 68.6 Å². The molecule has 3 aromatic heterocycles. The average molecular weight is 723 g/mol. The molecular formula is C44H58N4O5. The van der Waals surface area contributed by atoms with Gasteiger partial charge in [-0.3, -0.25) is 9.59 Å². The molecule has 0 amide bonds. The number of aliphatic hydroxyl groups excluding tert-OH is 1. The molecule has 6 rings (SSSR count). The van der Waals surface area contributed by atoms with E-state index in [2.05, 4.69) is 87.0 Å². The summed E-state index contributed by atoms with van der Waals surface area (Å²) in [6.07, 6.45) is 14.4. The van der Waals surface area contributed by atoms with Crippen molar-refractivity contribution in [3.63, 3.8) is 0 Å². The van der Waals surface area contributed by atoms with Crippen LogP contribution in [0.3, 0.4) is 0 Å². The van der Waals surface area contributed by atoms with Crippen molar-refractivity contribution in [3.8, 4) is 0 Å². The number of aliphatic hydroxyl groups is 1. The van der Waals surface area contributed by atoms with Gasteiger partial charge in [-0.1, -0.05) is 46.1 Å². The Hall–Kier alpha value is -4.50. The zero-order chi connectivity index (χ0) is 38.1. The van der Waals surface area contributed by atoms with E-state index < -0.39 is 18.0 Å². The number of nitrogens with one attached hydrogen (secondary N) is 4. The second kappa shape index (κ2) is 15.8. The quantitative estimate of drug-likeness (QED) is 0.0779. The third-order valence-corrected chi connectivity index (χ3v) is 12.0. The van der Waals surface area contributed by atoms with Crippen LogP contribution < -0.4 is 16.0 Å². The number of methoxy groups -OCH3 is 1. The van der Waals surface area contributed by atoms with E-state index in [-0.39, 0.29) is 30.8 Å². The SMILES string of the molecule is CCCCC/C(C)=C/COC(=O)CC[C@@H]1/C2=C3/c4[nH]c(c(C)c4[C@H](O)[C@@H]3C(=O)OC)/C=c3\[nH]/c(c(C)c3CC)=C\c3[nH]c(c(C)c3CC)/C=C(\N2)[C@H]1C. The minimum atomic E-state index is -1.10. The Labute approximate surface area is 313 Å². The number of hydrogen-bond donors (Lipinski definition) is 5. The van der Waals surface area contributed by atoms with E-state index in [1.165, 1.54) is 47.8 Å². The molecule has 3 aromatic rings.